The molecule has 8 nitrogen and oxygen atoms in total. The Labute approximate surface area is 165 Å². The number of epoxide rings is 1. The van der Waals surface area contributed by atoms with E-state index in [1.165, 1.54) is 0 Å². The zero-order valence-electron chi connectivity index (χ0n) is 16.9. The highest BCUT2D eigenvalue weighted by Gasteiger charge is 2.66. The van der Waals surface area contributed by atoms with E-state index in [-0.39, 0.29) is 73.6 Å². The molecule has 8 atom stereocenters. The third-order valence-electron chi connectivity index (χ3n) is 6.25. The molecular formula is C20H30O8. The van der Waals surface area contributed by atoms with Crippen LogP contribution in [-0.2, 0) is 38.0 Å². The molecule has 8 heteroatoms. The number of hydrogen-bond acceptors (Lipinski definition) is 8. The molecule has 8 unspecified atom stereocenters. The molecule has 4 aliphatic heterocycles. The molecular weight excluding hydrogens is 368 g/mol. The van der Waals surface area contributed by atoms with Gasteiger partial charge in [-0.3, -0.25) is 9.59 Å². The molecule has 4 heterocycles. The van der Waals surface area contributed by atoms with Gasteiger partial charge in [-0.25, -0.2) is 0 Å². The highest BCUT2D eigenvalue weighted by Crippen LogP contribution is 2.51. The van der Waals surface area contributed by atoms with E-state index in [1.807, 2.05) is 20.8 Å². The van der Waals surface area contributed by atoms with Gasteiger partial charge in [-0.1, -0.05) is 13.8 Å². The van der Waals surface area contributed by atoms with Crippen LogP contribution in [0.3, 0.4) is 0 Å². The number of rotatable bonds is 8. The summed E-state index contributed by atoms with van der Waals surface area (Å²) in [6.45, 7) is 6.58. The van der Waals surface area contributed by atoms with E-state index in [9.17, 15) is 9.59 Å². The second-order valence-corrected chi connectivity index (χ2v) is 9.10. The SMILES string of the molecule is COC(C)C1OCCC1C(=O)OCC(C)(C)COC(=O)C1CC2OC1C1OC21. The molecule has 0 amide bonds. The topological polar surface area (TPSA) is 92.8 Å². The van der Waals surface area contributed by atoms with Crippen molar-refractivity contribution in [3.63, 3.8) is 0 Å². The van der Waals surface area contributed by atoms with Crippen LogP contribution in [0, 0.1) is 17.3 Å². The van der Waals surface area contributed by atoms with Gasteiger partial charge in [0.2, 0.25) is 0 Å². The van der Waals surface area contributed by atoms with Gasteiger partial charge in [0.25, 0.3) is 0 Å². The average Bonchev–Trinajstić information content (AvgIpc) is 3.05. The minimum atomic E-state index is -0.482. The zero-order chi connectivity index (χ0) is 20.1. The first kappa shape index (κ1) is 20.1. The average molecular weight is 398 g/mol. The lowest BCUT2D eigenvalue weighted by Gasteiger charge is -2.27. The maximum absolute atomic E-state index is 12.5. The molecule has 4 aliphatic rings. The van der Waals surface area contributed by atoms with Gasteiger partial charge in [0.05, 0.1) is 43.4 Å². The van der Waals surface area contributed by atoms with Gasteiger partial charge in [0.15, 0.2) is 0 Å². The molecule has 158 valence electrons. The molecule has 4 fully saturated rings. The first-order chi connectivity index (χ1) is 13.3. The Morgan fingerprint density at radius 2 is 1.71 bits per heavy atom. The van der Waals surface area contributed by atoms with Gasteiger partial charge in [-0.05, 0) is 19.8 Å². The number of esters is 2. The Hall–Kier alpha value is -1.22. The fourth-order valence-corrected chi connectivity index (χ4v) is 4.43. The van der Waals surface area contributed by atoms with Crippen LogP contribution in [0.25, 0.3) is 0 Å². The summed E-state index contributed by atoms with van der Waals surface area (Å²) in [4.78, 5) is 24.9. The van der Waals surface area contributed by atoms with Crippen LogP contribution in [0.1, 0.15) is 33.6 Å². The Kier molecular flexibility index (Phi) is 5.41. The molecule has 0 spiro atoms. The number of ether oxygens (including phenoxy) is 6. The van der Waals surface area contributed by atoms with Gasteiger partial charge in [-0.15, -0.1) is 0 Å². The highest BCUT2D eigenvalue weighted by molar-refractivity contribution is 5.74. The van der Waals surface area contributed by atoms with Crippen molar-refractivity contribution in [3.8, 4) is 0 Å². The standard InChI is InChI=1S/C20H30O8/c1-10(23-4)14-11(5-6-24-14)18(21)25-8-20(2,3)9-26-19(22)12-7-13-16-17(28-16)15(12)27-13/h10-17H,5-9H2,1-4H3. The Balaban J connectivity index is 1.22. The van der Waals surface area contributed by atoms with E-state index in [1.54, 1.807) is 7.11 Å². The van der Waals surface area contributed by atoms with Crippen molar-refractivity contribution in [2.45, 2.75) is 70.2 Å². The van der Waals surface area contributed by atoms with E-state index in [0.717, 1.165) is 0 Å². The monoisotopic (exact) mass is 398 g/mol. The Bertz CT molecular complexity index is 619. The number of methoxy groups -OCH3 is 1. The second kappa shape index (κ2) is 7.55. The molecule has 4 rings (SSSR count). The third-order valence-corrected chi connectivity index (χ3v) is 6.25. The van der Waals surface area contributed by atoms with Crippen molar-refractivity contribution in [2.24, 2.45) is 17.3 Å². The van der Waals surface area contributed by atoms with Gasteiger partial charge in [0.1, 0.15) is 18.3 Å². The van der Waals surface area contributed by atoms with Crippen molar-refractivity contribution >= 4 is 11.9 Å². The van der Waals surface area contributed by atoms with E-state index in [2.05, 4.69) is 0 Å². The molecule has 2 bridgehead atoms. The minimum absolute atomic E-state index is 0.0394. The summed E-state index contributed by atoms with van der Waals surface area (Å²) in [5.74, 6) is -1.12. The predicted molar refractivity (Wildman–Crippen MR) is 95.4 cm³/mol. The molecule has 0 N–H and O–H groups in total. The van der Waals surface area contributed by atoms with E-state index >= 15 is 0 Å². The quantitative estimate of drug-likeness (QED) is 0.443. The lowest BCUT2D eigenvalue weighted by Crippen LogP contribution is -2.38. The van der Waals surface area contributed by atoms with Crippen molar-refractivity contribution < 1.29 is 38.0 Å². The fourth-order valence-electron chi connectivity index (χ4n) is 4.43. The normalized spacial score (nSPS) is 39.5. The van der Waals surface area contributed by atoms with E-state index < -0.39 is 5.41 Å². The molecule has 4 saturated heterocycles. The summed E-state index contributed by atoms with van der Waals surface area (Å²) in [6.07, 6.45) is 0.971. The lowest BCUT2D eigenvalue weighted by atomic mass is 9.89. The fraction of sp³-hybridized carbons (Fsp3) is 0.900. The van der Waals surface area contributed by atoms with Crippen LogP contribution in [0.5, 0.6) is 0 Å². The predicted octanol–water partition coefficient (Wildman–Crippen LogP) is 1.09. The van der Waals surface area contributed by atoms with Crippen LogP contribution < -0.4 is 0 Å². The summed E-state index contributed by atoms with van der Waals surface area (Å²) in [5.41, 5.74) is -0.482. The molecule has 0 aromatic carbocycles. The number of hydrogen-bond donors (Lipinski definition) is 0. The maximum Gasteiger partial charge on any atom is 0.311 e. The Morgan fingerprint density at radius 1 is 1.04 bits per heavy atom. The first-order valence-corrected chi connectivity index (χ1v) is 10.1. The van der Waals surface area contributed by atoms with Gasteiger partial charge in [-0.2, -0.15) is 0 Å². The third kappa shape index (κ3) is 3.79. The number of carbonyl (C=O) groups excluding carboxylic acids is 2. The molecule has 0 radical (unpaired) electrons. The lowest BCUT2D eigenvalue weighted by molar-refractivity contribution is -0.161. The van der Waals surface area contributed by atoms with Gasteiger partial charge in [0, 0.05) is 19.1 Å². The largest absolute Gasteiger partial charge is 0.465 e. The highest BCUT2D eigenvalue weighted by atomic mass is 16.7. The minimum Gasteiger partial charge on any atom is -0.465 e. The van der Waals surface area contributed by atoms with Crippen molar-refractivity contribution in [1.29, 1.82) is 0 Å². The summed E-state index contributed by atoms with van der Waals surface area (Å²) in [5, 5.41) is 0. The van der Waals surface area contributed by atoms with E-state index in [4.69, 9.17) is 28.4 Å². The summed E-state index contributed by atoms with van der Waals surface area (Å²) in [6, 6.07) is 0. The molecule has 28 heavy (non-hydrogen) atoms. The zero-order valence-corrected chi connectivity index (χ0v) is 16.9. The van der Waals surface area contributed by atoms with Crippen LogP contribution in [0.2, 0.25) is 0 Å². The van der Waals surface area contributed by atoms with Crippen LogP contribution >= 0.6 is 0 Å². The smallest absolute Gasteiger partial charge is 0.311 e. The number of carbonyl (C=O) groups is 2. The number of fused-ring (bicyclic) bond motifs is 5. The van der Waals surface area contributed by atoms with Crippen LogP contribution in [0.15, 0.2) is 0 Å². The summed E-state index contributed by atoms with van der Waals surface area (Å²) < 4.78 is 33.3. The van der Waals surface area contributed by atoms with Gasteiger partial charge < -0.3 is 28.4 Å². The maximum atomic E-state index is 12.5. The van der Waals surface area contributed by atoms with Crippen molar-refractivity contribution in [1.82, 2.24) is 0 Å². The van der Waals surface area contributed by atoms with Crippen LogP contribution in [0.4, 0.5) is 0 Å². The molecule has 0 aromatic heterocycles. The van der Waals surface area contributed by atoms with Crippen molar-refractivity contribution in [3.05, 3.63) is 0 Å². The Morgan fingerprint density at radius 3 is 2.32 bits per heavy atom. The summed E-state index contributed by atoms with van der Waals surface area (Å²) in [7, 11) is 1.60. The van der Waals surface area contributed by atoms with Gasteiger partial charge >= 0.3 is 11.9 Å². The first-order valence-electron chi connectivity index (χ1n) is 10.1. The summed E-state index contributed by atoms with van der Waals surface area (Å²) >= 11 is 0. The molecule has 0 aliphatic carbocycles. The van der Waals surface area contributed by atoms with E-state index in [0.29, 0.717) is 19.4 Å². The van der Waals surface area contributed by atoms with Crippen molar-refractivity contribution in [2.75, 3.05) is 26.9 Å². The van der Waals surface area contributed by atoms with Crippen LogP contribution in [-0.4, -0.2) is 75.5 Å². The molecule has 0 saturated carbocycles. The second-order valence-electron chi connectivity index (χ2n) is 9.10. The molecule has 0 aromatic rings.